The van der Waals surface area contributed by atoms with Gasteiger partial charge in [-0.15, -0.1) is 0 Å². The molecule has 2 nitrogen and oxygen atoms in total. The molecule has 1 N–H and O–H groups in total. The van der Waals surface area contributed by atoms with Crippen molar-refractivity contribution >= 4 is 0 Å². The fraction of sp³-hybridized carbons (Fsp3) is 1.00. The first-order chi connectivity index (χ1) is 7.59. The SMILES string of the molecule is FC(F)(F)[C@@H]1CCCCN1C1CCNCC1. The Morgan fingerprint density at radius 2 is 1.69 bits per heavy atom. The Hall–Kier alpha value is -0.290. The second-order valence-corrected chi connectivity index (χ2v) is 4.77. The van der Waals surface area contributed by atoms with Crippen LogP contribution in [0, 0.1) is 0 Å². The maximum absolute atomic E-state index is 12.9. The van der Waals surface area contributed by atoms with E-state index in [2.05, 4.69) is 5.32 Å². The molecular weight excluding hydrogens is 217 g/mol. The molecule has 94 valence electrons. The molecule has 2 rings (SSSR count). The Labute approximate surface area is 94.2 Å². The zero-order valence-electron chi connectivity index (χ0n) is 9.39. The lowest BCUT2D eigenvalue weighted by molar-refractivity contribution is -0.198. The molecule has 0 saturated carbocycles. The summed E-state index contributed by atoms with van der Waals surface area (Å²) in [6, 6.07) is -1.06. The first-order valence-corrected chi connectivity index (χ1v) is 6.12. The fourth-order valence-electron chi connectivity index (χ4n) is 2.88. The maximum Gasteiger partial charge on any atom is 0.404 e. The van der Waals surface area contributed by atoms with Crippen LogP contribution in [-0.4, -0.2) is 42.8 Å². The fourth-order valence-corrected chi connectivity index (χ4v) is 2.88. The van der Waals surface area contributed by atoms with E-state index < -0.39 is 12.2 Å². The molecule has 0 aliphatic carbocycles. The van der Waals surface area contributed by atoms with E-state index in [0.29, 0.717) is 13.0 Å². The van der Waals surface area contributed by atoms with Crippen molar-refractivity contribution in [2.45, 2.75) is 50.4 Å². The minimum atomic E-state index is -4.05. The van der Waals surface area contributed by atoms with E-state index in [4.69, 9.17) is 0 Å². The van der Waals surface area contributed by atoms with Crippen molar-refractivity contribution in [1.29, 1.82) is 0 Å². The van der Waals surface area contributed by atoms with Crippen LogP contribution in [0.25, 0.3) is 0 Å². The lowest BCUT2D eigenvalue weighted by Crippen LogP contribution is -2.55. The number of nitrogens with zero attached hydrogens (tertiary/aromatic N) is 1. The summed E-state index contributed by atoms with van der Waals surface area (Å²) in [5.74, 6) is 0. The van der Waals surface area contributed by atoms with Gasteiger partial charge in [0.25, 0.3) is 0 Å². The third-order valence-corrected chi connectivity index (χ3v) is 3.70. The molecule has 2 aliphatic heterocycles. The van der Waals surface area contributed by atoms with Crippen molar-refractivity contribution in [3.63, 3.8) is 0 Å². The van der Waals surface area contributed by atoms with Gasteiger partial charge in [-0.2, -0.15) is 13.2 Å². The van der Waals surface area contributed by atoms with Gasteiger partial charge in [-0.05, 0) is 45.3 Å². The maximum atomic E-state index is 12.9. The van der Waals surface area contributed by atoms with E-state index in [1.807, 2.05) is 0 Å². The van der Waals surface area contributed by atoms with Crippen LogP contribution in [0.5, 0.6) is 0 Å². The highest BCUT2D eigenvalue weighted by Crippen LogP contribution is 2.34. The van der Waals surface area contributed by atoms with E-state index in [9.17, 15) is 13.2 Å². The van der Waals surface area contributed by atoms with Crippen LogP contribution >= 0.6 is 0 Å². The van der Waals surface area contributed by atoms with Crippen LogP contribution in [0.1, 0.15) is 32.1 Å². The Balaban J connectivity index is 2.03. The second-order valence-electron chi connectivity index (χ2n) is 4.77. The minimum Gasteiger partial charge on any atom is -0.317 e. The third-order valence-electron chi connectivity index (χ3n) is 3.70. The molecule has 2 heterocycles. The van der Waals surface area contributed by atoms with Crippen molar-refractivity contribution in [3.8, 4) is 0 Å². The molecular formula is C11H19F3N2. The van der Waals surface area contributed by atoms with Gasteiger partial charge in [0, 0.05) is 6.04 Å². The quantitative estimate of drug-likeness (QED) is 0.750. The lowest BCUT2D eigenvalue weighted by Gasteiger charge is -2.43. The normalized spacial score (nSPS) is 30.6. The average Bonchev–Trinajstić information content (AvgIpc) is 2.29. The van der Waals surface area contributed by atoms with Crippen molar-refractivity contribution in [3.05, 3.63) is 0 Å². The number of hydrogen-bond acceptors (Lipinski definition) is 2. The summed E-state index contributed by atoms with van der Waals surface area (Å²) in [4.78, 5) is 1.71. The summed E-state index contributed by atoms with van der Waals surface area (Å²) in [6.45, 7) is 2.33. The second kappa shape index (κ2) is 4.92. The Morgan fingerprint density at radius 1 is 1.00 bits per heavy atom. The average molecular weight is 236 g/mol. The van der Waals surface area contributed by atoms with Gasteiger partial charge in [0.05, 0.1) is 0 Å². The molecule has 2 aliphatic rings. The molecule has 0 aromatic heterocycles. The number of piperidine rings is 2. The first-order valence-electron chi connectivity index (χ1n) is 6.12. The number of alkyl halides is 3. The van der Waals surface area contributed by atoms with Crippen LogP contribution < -0.4 is 5.32 Å². The highest BCUT2D eigenvalue weighted by atomic mass is 19.4. The lowest BCUT2D eigenvalue weighted by atomic mass is 9.95. The first kappa shape index (κ1) is 12.2. The van der Waals surface area contributed by atoms with Gasteiger partial charge in [0.15, 0.2) is 0 Å². The summed E-state index contributed by atoms with van der Waals surface area (Å²) in [7, 11) is 0. The molecule has 0 aromatic rings. The summed E-state index contributed by atoms with van der Waals surface area (Å²) in [6.07, 6.45) is -0.431. The molecule has 2 fully saturated rings. The van der Waals surface area contributed by atoms with Gasteiger partial charge < -0.3 is 5.32 Å². The van der Waals surface area contributed by atoms with Crippen LogP contribution in [0.3, 0.4) is 0 Å². The summed E-state index contributed by atoms with van der Waals surface area (Å²) in [5, 5.41) is 3.20. The minimum absolute atomic E-state index is 0.133. The summed E-state index contributed by atoms with van der Waals surface area (Å²) >= 11 is 0. The number of hydrogen-bond donors (Lipinski definition) is 1. The predicted octanol–water partition coefficient (Wildman–Crippen LogP) is 2.16. The predicted molar refractivity (Wildman–Crippen MR) is 56.3 cm³/mol. The molecule has 16 heavy (non-hydrogen) atoms. The monoisotopic (exact) mass is 236 g/mol. The van der Waals surface area contributed by atoms with Gasteiger partial charge >= 0.3 is 6.18 Å². The highest BCUT2D eigenvalue weighted by Gasteiger charge is 2.46. The Kier molecular flexibility index (Phi) is 3.74. The van der Waals surface area contributed by atoms with Gasteiger partial charge in [0.1, 0.15) is 6.04 Å². The summed E-state index contributed by atoms with van der Waals surface area (Å²) in [5.41, 5.74) is 0. The van der Waals surface area contributed by atoms with E-state index in [1.54, 1.807) is 4.90 Å². The van der Waals surface area contributed by atoms with E-state index >= 15 is 0 Å². The van der Waals surface area contributed by atoms with Crippen LogP contribution in [0.15, 0.2) is 0 Å². The number of nitrogens with one attached hydrogen (secondary N) is 1. The topological polar surface area (TPSA) is 15.3 Å². The van der Waals surface area contributed by atoms with Crippen LogP contribution in [0.4, 0.5) is 13.2 Å². The zero-order valence-corrected chi connectivity index (χ0v) is 9.39. The third kappa shape index (κ3) is 2.69. The van der Waals surface area contributed by atoms with Crippen molar-refractivity contribution < 1.29 is 13.2 Å². The largest absolute Gasteiger partial charge is 0.404 e. The number of likely N-dealkylation sites (tertiary alicyclic amines) is 1. The Bertz CT molecular complexity index is 224. The highest BCUT2D eigenvalue weighted by molar-refractivity contribution is 4.89. The van der Waals surface area contributed by atoms with Gasteiger partial charge in [-0.1, -0.05) is 6.42 Å². The molecule has 0 unspecified atom stereocenters. The van der Waals surface area contributed by atoms with Crippen LogP contribution in [-0.2, 0) is 0 Å². The van der Waals surface area contributed by atoms with Crippen molar-refractivity contribution in [1.82, 2.24) is 10.2 Å². The number of halogens is 3. The molecule has 0 aromatic carbocycles. The molecule has 0 radical (unpaired) electrons. The van der Waals surface area contributed by atoms with Crippen molar-refractivity contribution in [2.24, 2.45) is 0 Å². The van der Waals surface area contributed by atoms with Gasteiger partial charge in [-0.25, -0.2) is 0 Å². The van der Waals surface area contributed by atoms with E-state index in [-0.39, 0.29) is 12.5 Å². The smallest absolute Gasteiger partial charge is 0.317 e. The van der Waals surface area contributed by atoms with Gasteiger partial charge in [0.2, 0.25) is 0 Å². The molecule has 5 heteroatoms. The van der Waals surface area contributed by atoms with E-state index in [1.165, 1.54) is 0 Å². The standard InChI is InChI=1S/C11H19F3N2/c12-11(13,14)10-3-1-2-8-16(10)9-4-6-15-7-5-9/h9-10,15H,1-8H2/t10-/m0/s1. The van der Waals surface area contributed by atoms with Crippen LogP contribution in [0.2, 0.25) is 0 Å². The molecule has 0 spiro atoms. The molecule has 0 amide bonds. The number of rotatable bonds is 1. The van der Waals surface area contributed by atoms with Gasteiger partial charge in [-0.3, -0.25) is 4.90 Å². The molecule has 2 saturated heterocycles. The summed E-state index contributed by atoms with van der Waals surface area (Å²) < 4.78 is 38.7. The van der Waals surface area contributed by atoms with Crippen molar-refractivity contribution in [2.75, 3.05) is 19.6 Å². The zero-order chi connectivity index (χ0) is 11.6. The molecule has 0 bridgehead atoms. The Morgan fingerprint density at radius 3 is 2.31 bits per heavy atom. The molecule has 1 atom stereocenters. The van der Waals surface area contributed by atoms with E-state index in [0.717, 1.165) is 32.4 Å².